The number of benzene rings is 3. The number of hydrogen-bond acceptors (Lipinski definition) is 4. The number of rotatable bonds is 13. The Labute approximate surface area is 274 Å². The second kappa shape index (κ2) is 16.2. The number of esters is 1. The number of hydrogen-bond donors (Lipinski definition) is 0. The van der Waals surface area contributed by atoms with E-state index in [4.69, 9.17) is 14.2 Å². The molecule has 0 aromatic heterocycles. The van der Waals surface area contributed by atoms with Gasteiger partial charge in [-0.2, -0.15) is 8.78 Å². The van der Waals surface area contributed by atoms with Crippen LogP contribution in [0.3, 0.4) is 0 Å². The third-order valence-electron chi connectivity index (χ3n) is 8.91. The predicted molar refractivity (Wildman–Crippen MR) is 176 cm³/mol. The molecule has 0 N–H and O–H groups in total. The van der Waals surface area contributed by atoms with Crippen LogP contribution in [0.25, 0.3) is 22.3 Å². The standard InChI is InChI=1S/C39H42F4O4/c1-3-5-23-45-33-21-19-31(35(40)37(33)42)27-9-7-25(8-10-27)26-15-17-30(18-16-26)47-39(44)29-13-11-28(12-14-29)32-20-22-34(38(43)36(32)41)46-24-6-4-2/h7-11,15,19-22,29-30H,3-6,12-14,16-18,23-24H2,1-2H3. The molecule has 0 amide bonds. The molecule has 8 heteroatoms. The van der Waals surface area contributed by atoms with E-state index >= 15 is 0 Å². The quantitative estimate of drug-likeness (QED) is 0.105. The van der Waals surface area contributed by atoms with Crippen LogP contribution in [0.5, 0.6) is 11.5 Å². The van der Waals surface area contributed by atoms with E-state index in [2.05, 4.69) is 6.08 Å². The van der Waals surface area contributed by atoms with Gasteiger partial charge in [0.25, 0.3) is 0 Å². The molecule has 0 bridgehead atoms. The second-order valence-corrected chi connectivity index (χ2v) is 12.2. The molecule has 250 valence electrons. The first-order chi connectivity index (χ1) is 22.8. The Morgan fingerprint density at radius 1 is 0.660 bits per heavy atom. The van der Waals surface area contributed by atoms with E-state index < -0.39 is 23.3 Å². The van der Waals surface area contributed by atoms with E-state index in [9.17, 15) is 22.4 Å². The number of halogens is 4. The molecular weight excluding hydrogens is 608 g/mol. The largest absolute Gasteiger partial charge is 0.490 e. The van der Waals surface area contributed by atoms with Crippen molar-refractivity contribution in [1.29, 1.82) is 0 Å². The highest BCUT2D eigenvalue weighted by molar-refractivity contribution is 5.76. The van der Waals surface area contributed by atoms with Crippen molar-refractivity contribution in [3.05, 3.63) is 95.1 Å². The summed E-state index contributed by atoms with van der Waals surface area (Å²) in [7, 11) is 0. The molecule has 2 unspecified atom stereocenters. The van der Waals surface area contributed by atoms with Gasteiger partial charge >= 0.3 is 5.97 Å². The molecule has 2 aliphatic rings. The molecule has 3 aromatic carbocycles. The van der Waals surface area contributed by atoms with Gasteiger partial charge in [0.15, 0.2) is 23.1 Å². The first kappa shape index (κ1) is 34.3. The molecule has 0 aliphatic heterocycles. The molecule has 0 fully saturated rings. The molecule has 3 aromatic rings. The Morgan fingerprint density at radius 3 is 1.77 bits per heavy atom. The monoisotopic (exact) mass is 650 g/mol. The summed E-state index contributed by atoms with van der Waals surface area (Å²) >= 11 is 0. The molecule has 2 aliphatic carbocycles. The predicted octanol–water partition coefficient (Wildman–Crippen LogP) is 10.6. The Bertz CT molecular complexity index is 1610. The molecule has 0 saturated heterocycles. The topological polar surface area (TPSA) is 44.8 Å². The van der Waals surface area contributed by atoms with Gasteiger partial charge in [0, 0.05) is 17.5 Å². The number of ether oxygens (including phenoxy) is 3. The van der Waals surface area contributed by atoms with Crippen LogP contribution in [-0.4, -0.2) is 25.3 Å². The van der Waals surface area contributed by atoms with Crippen LogP contribution in [0.4, 0.5) is 17.6 Å². The number of carbonyl (C=O) groups excluding carboxylic acids is 1. The lowest BCUT2D eigenvalue weighted by Gasteiger charge is -2.26. The zero-order valence-electron chi connectivity index (χ0n) is 27.1. The minimum absolute atomic E-state index is 0.0785. The van der Waals surface area contributed by atoms with Gasteiger partial charge in [-0.3, -0.25) is 4.79 Å². The van der Waals surface area contributed by atoms with Crippen molar-refractivity contribution in [2.24, 2.45) is 5.92 Å². The van der Waals surface area contributed by atoms with E-state index in [1.165, 1.54) is 18.2 Å². The maximum Gasteiger partial charge on any atom is 0.309 e. The smallest absolute Gasteiger partial charge is 0.309 e. The Kier molecular flexibility index (Phi) is 11.8. The molecule has 5 rings (SSSR count). The molecule has 0 heterocycles. The Hall–Kier alpha value is -4.07. The van der Waals surface area contributed by atoms with E-state index in [1.807, 2.05) is 32.1 Å². The number of allylic oxidation sites excluding steroid dienone is 3. The van der Waals surface area contributed by atoms with Crippen molar-refractivity contribution >= 4 is 17.1 Å². The van der Waals surface area contributed by atoms with Crippen molar-refractivity contribution in [1.82, 2.24) is 0 Å². The summed E-state index contributed by atoms with van der Waals surface area (Å²) in [5, 5.41) is 0. The first-order valence-electron chi connectivity index (χ1n) is 16.7. The van der Waals surface area contributed by atoms with Gasteiger partial charge < -0.3 is 14.2 Å². The van der Waals surface area contributed by atoms with Crippen LogP contribution >= 0.6 is 0 Å². The summed E-state index contributed by atoms with van der Waals surface area (Å²) in [6.45, 7) is 4.67. The summed E-state index contributed by atoms with van der Waals surface area (Å²) < 4.78 is 75.4. The highest BCUT2D eigenvalue weighted by Gasteiger charge is 2.28. The molecule has 4 nitrogen and oxygen atoms in total. The summed E-state index contributed by atoms with van der Waals surface area (Å²) in [5.41, 5.74) is 3.72. The van der Waals surface area contributed by atoms with Crippen LogP contribution in [-0.2, 0) is 9.53 Å². The molecule has 47 heavy (non-hydrogen) atoms. The highest BCUT2D eigenvalue weighted by atomic mass is 19.2. The van der Waals surface area contributed by atoms with Gasteiger partial charge in [-0.05, 0) is 91.5 Å². The van der Waals surface area contributed by atoms with Crippen molar-refractivity contribution in [3.63, 3.8) is 0 Å². The maximum atomic E-state index is 14.8. The zero-order valence-corrected chi connectivity index (χ0v) is 27.1. The molecule has 2 atom stereocenters. The zero-order chi connectivity index (χ0) is 33.3. The van der Waals surface area contributed by atoms with Gasteiger partial charge in [-0.1, -0.05) is 63.1 Å². The first-order valence-corrected chi connectivity index (χ1v) is 16.7. The minimum Gasteiger partial charge on any atom is -0.490 e. The van der Waals surface area contributed by atoms with E-state index in [0.717, 1.165) is 36.8 Å². The summed E-state index contributed by atoms with van der Waals surface area (Å²) in [6, 6.07) is 13.4. The van der Waals surface area contributed by atoms with Gasteiger partial charge in [-0.15, -0.1) is 0 Å². The summed E-state index contributed by atoms with van der Waals surface area (Å²) in [4.78, 5) is 13.0. The van der Waals surface area contributed by atoms with Gasteiger partial charge in [0.2, 0.25) is 11.6 Å². The summed E-state index contributed by atoms with van der Waals surface area (Å²) in [5.74, 6) is -4.58. The fourth-order valence-corrected chi connectivity index (χ4v) is 6.01. The van der Waals surface area contributed by atoms with Crippen LogP contribution < -0.4 is 9.47 Å². The third kappa shape index (κ3) is 8.27. The average Bonchev–Trinajstić information content (AvgIpc) is 3.09. The second-order valence-electron chi connectivity index (χ2n) is 12.2. The highest BCUT2D eigenvalue weighted by Crippen LogP contribution is 2.37. The Morgan fingerprint density at radius 2 is 1.21 bits per heavy atom. The van der Waals surface area contributed by atoms with Crippen LogP contribution in [0, 0.1) is 29.2 Å². The molecular formula is C39H42F4O4. The molecule has 0 spiro atoms. The van der Waals surface area contributed by atoms with Crippen molar-refractivity contribution in [2.75, 3.05) is 13.2 Å². The van der Waals surface area contributed by atoms with Gasteiger partial charge in [0.05, 0.1) is 19.1 Å². The van der Waals surface area contributed by atoms with Crippen molar-refractivity contribution in [2.45, 2.75) is 84.2 Å². The van der Waals surface area contributed by atoms with Gasteiger partial charge in [0.1, 0.15) is 6.10 Å². The lowest BCUT2D eigenvalue weighted by molar-refractivity contribution is -0.154. The van der Waals surface area contributed by atoms with Gasteiger partial charge in [-0.25, -0.2) is 8.78 Å². The normalized spacial score (nSPS) is 17.9. The fourth-order valence-electron chi connectivity index (χ4n) is 6.01. The average molecular weight is 651 g/mol. The van der Waals surface area contributed by atoms with Crippen LogP contribution in [0.1, 0.15) is 89.2 Å². The number of carbonyl (C=O) groups is 1. The lowest BCUT2D eigenvalue weighted by Crippen LogP contribution is -2.26. The maximum absolute atomic E-state index is 14.8. The summed E-state index contributed by atoms with van der Waals surface area (Å²) in [6.07, 6.45) is 10.3. The fraction of sp³-hybridized carbons (Fsp3) is 0.410. The van der Waals surface area contributed by atoms with E-state index in [1.54, 1.807) is 18.2 Å². The molecule has 0 saturated carbocycles. The van der Waals surface area contributed by atoms with Crippen molar-refractivity contribution < 1.29 is 36.6 Å². The SMILES string of the molecule is CCCCOc1ccc(C2=CCC(C(=O)OC3CC=C(c4ccc(-c5ccc(OCCCC)c(F)c5F)cc4)CC3)CC2)c(F)c1F. The molecule has 0 radical (unpaired) electrons. The van der Waals surface area contributed by atoms with Crippen molar-refractivity contribution in [3.8, 4) is 22.6 Å². The van der Waals surface area contributed by atoms with E-state index in [0.29, 0.717) is 62.9 Å². The third-order valence-corrected chi connectivity index (χ3v) is 8.91. The Balaban J connectivity index is 1.14. The van der Waals surface area contributed by atoms with E-state index in [-0.39, 0.29) is 40.6 Å². The number of unbranched alkanes of at least 4 members (excludes halogenated alkanes) is 2. The minimum atomic E-state index is -0.982. The van der Waals surface area contributed by atoms with Crippen LogP contribution in [0.2, 0.25) is 0 Å². The lowest BCUT2D eigenvalue weighted by atomic mass is 9.86. The van der Waals surface area contributed by atoms with Crippen LogP contribution in [0.15, 0.2) is 60.7 Å².